The molecule has 134 valence electrons. The van der Waals surface area contributed by atoms with Gasteiger partial charge in [0.05, 0.1) is 22.3 Å². The average molecular weight is 392 g/mol. The molecule has 0 atom stereocenters. The predicted octanol–water partition coefficient (Wildman–Crippen LogP) is 2.59. The summed E-state index contributed by atoms with van der Waals surface area (Å²) >= 11 is 5.90. The summed E-state index contributed by atoms with van der Waals surface area (Å²) in [5, 5.41) is 9.78. The van der Waals surface area contributed by atoms with Crippen molar-refractivity contribution < 1.29 is 18.4 Å². The summed E-state index contributed by atoms with van der Waals surface area (Å²) in [4.78, 5) is 15.8. The molecule has 0 radical (unpaired) electrons. The number of nitrogens with zero attached hydrogens (tertiary/aromatic N) is 2. The number of carbonyl (C=O) groups excluding carboxylic acids is 1. The van der Waals surface area contributed by atoms with Crippen molar-refractivity contribution in [3.63, 3.8) is 0 Å². The zero-order chi connectivity index (χ0) is 18.7. The monoisotopic (exact) mass is 391 g/mol. The molecule has 9 heteroatoms. The van der Waals surface area contributed by atoms with Crippen LogP contribution in [0.5, 0.6) is 0 Å². The van der Waals surface area contributed by atoms with Crippen LogP contribution in [0.2, 0.25) is 5.02 Å². The summed E-state index contributed by atoms with van der Waals surface area (Å²) in [5.74, 6) is -0.885. The maximum absolute atomic E-state index is 13.1. The Hall–Kier alpha value is -2.68. The zero-order valence-corrected chi connectivity index (χ0v) is 14.9. The Morgan fingerprint density at radius 3 is 2.65 bits per heavy atom. The van der Waals surface area contributed by atoms with Gasteiger partial charge in [-0.3, -0.25) is 19.3 Å². The Labute approximate surface area is 154 Å². The maximum atomic E-state index is 13.1. The number of amides is 1. The van der Waals surface area contributed by atoms with E-state index in [0.29, 0.717) is 10.9 Å². The van der Waals surface area contributed by atoms with Crippen LogP contribution in [0.4, 0.5) is 5.69 Å². The fraction of sp³-hybridized carbons (Fsp3) is 0.0588. The average Bonchev–Trinajstić information content (AvgIpc) is 2.65. The van der Waals surface area contributed by atoms with Gasteiger partial charge in [0.2, 0.25) is 0 Å². The highest BCUT2D eigenvalue weighted by atomic mass is 35.5. The van der Waals surface area contributed by atoms with Crippen molar-refractivity contribution in [1.82, 2.24) is 10.5 Å². The number of carbonyl (C=O) groups is 1. The molecule has 1 amide bonds. The van der Waals surface area contributed by atoms with Gasteiger partial charge < -0.3 is 0 Å². The van der Waals surface area contributed by atoms with E-state index in [0.717, 1.165) is 4.31 Å². The van der Waals surface area contributed by atoms with E-state index in [1.165, 1.54) is 29.9 Å². The van der Waals surface area contributed by atoms with Gasteiger partial charge in [0.1, 0.15) is 6.54 Å². The van der Waals surface area contributed by atoms with Crippen molar-refractivity contribution in [1.29, 1.82) is 0 Å². The third-order valence-corrected chi connectivity index (χ3v) is 5.66. The fourth-order valence-electron chi connectivity index (χ4n) is 2.43. The standard InChI is InChI=1S/C17H14ClN3O4S/c18-13-5-3-6-15(9-13)26(24,25)21(11-17(22)20-23)14-8-12-4-1-2-7-16(12)19-10-14/h1-10,23H,11H2,(H,20,22). The third-order valence-electron chi connectivity index (χ3n) is 3.66. The first-order chi connectivity index (χ1) is 12.4. The van der Waals surface area contributed by atoms with Crippen LogP contribution in [0.3, 0.4) is 0 Å². The van der Waals surface area contributed by atoms with Crippen LogP contribution in [0, 0.1) is 0 Å². The third kappa shape index (κ3) is 3.62. The molecule has 0 saturated heterocycles. The highest BCUT2D eigenvalue weighted by molar-refractivity contribution is 7.92. The lowest BCUT2D eigenvalue weighted by atomic mass is 10.2. The van der Waals surface area contributed by atoms with Gasteiger partial charge >= 0.3 is 0 Å². The number of hydroxylamine groups is 1. The number of hydrogen-bond acceptors (Lipinski definition) is 5. The molecule has 0 aliphatic carbocycles. The van der Waals surface area contributed by atoms with Gasteiger partial charge in [-0.15, -0.1) is 0 Å². The SMILES string of the molecule is O=C(CN(c1cnc2ccccc2c1)S(=O)(=O)c1cccc(Cl)c1)NO. The van der Waals surface area contributed by atoms with E-state index in [-0.39, 0.29) is 15.6 Å². The van der Waals surface area contributed by atoms with E-state index in [9.17, 15) is 13.2 Å². The summed E-state index contributed by atoms with van der Waals surface area (Å²) < 4.78 is 27.0. The van der Waals surface area contributed by atoms with Crippen molar-refractivity contribution >= 4 is 44.1 Å². The molecule has 0 bridgehead atoms. The van der Waals surface area contributed by atoms with E-state index in [1.807, 2.05) is 6.07 Å². The number of rotatable bonds is 5. The zero-order valence-electron chi connectivity index (χ0n) is 13.3. The van der Waals surface area contributed by atoms with Crippen molar-refractivity contribution in [2.75, 3.05) is 10.8 Å². The van der Waals surface area contributed by atoms with Crippen LogP contribution in [0.15, 0.2) is 65.7 Å². The van der Waals surface area contributed by atoms with Crippen molar-refractivity contribution in [2.45, 2.75) is 4.90 Å². The van der Waals surface area contributed by atoms with Crippen LogP contribution in [0.1, 0.15) is 0 Å². The summed E-state index contributed by atoms with van der Waals surface area (Å²) in [6.45, 7) is -0.620. The molecule has 3 aromatic rings. The van der Waals surface area contributed by atoms with Gasteiger partial charge in [0.25, 0.3) is 15.9 Å². The van der Waals surface area contributed by atoms with E-state index < -0.39 is 22.5 Å². The maximum Gasteiger partial charge on any atom is 0.264 e. The topological polar surface area (TPSA) is 99.6 Å². The molecule has 7 nitrogen and oxygen atoms in total. The fourth-order valence-corrected chi connectivity index (χ4v) is 4.13. The predicted molar refractivity (Wildman–Crippen MR) is 97.7 cm³/mol. The van der Waals surface area contributed by atoms with Gasteiger partial charge in [-0.05, 0) is 30.3 Å². The minimum Gasteiger partial charge on any atom is -0.289 e. The van der Waals surface area contributed by atoms with E-state index in [2.05, 4.69) is 4.98 Å². The summed E-state index contributed by atoms with van der Waals surface area (Å²) in [6.07, 6.45) is 1.36. The lowest BCUT2D eigenvalue weighted by molar-refractivity contribution is -0.127. The molecular formula is C17H14ClN3O4S. The molecule has 1 heterocycles. The van der Waals surface area contributed by atoms with Crippen LogP contribution >= 0.6 is 11.6 Å². The van der Waals surface area contributed by atoms with E-state index in [4.69, 9.17) is 16.8 Å². The Morgan fingerprint density at radius 2 is 1.92 bits per heavy atom. The lowest BCUT2D eigenvalue weighted by Gasteiger charge is -2.23. The normalized spacial score (nSPS) is 11.3. The first-order valence-corrected chi connectivity index (χ1v) is 9.29. The van der Waals surface area contributed by atoms with Crippen LogP contribution < -0.4 is 9.79 Å². The highest BCUT2D eigenvalue weighted by Crippen LogP contribution is 2.27. The molecule has 26 heavy (non-hydrogen) atoms. The number of nitrogens with one attached hydrogen (secondary N) is 1. The first kappa shape index (κ1) is 18.1. The van der Waals surface area contributed by atoms with E-state index in [1.54, 1.807) is 30.3 Å². The van der Waals surface area contributed by atoms with Crippen molar-refractivity contribution in [3.05, 3.63) is 65.8 Å². The Balaban J connectivity index is 2.13. The molecule has 2 N–H and O–H groups in total. The van der Waals surface area contributed by atoms with Gasteiger partial charge in [-0.2, -0.15) is 0 Å². The molecule has 0 unspecified atom stereocenters. The number of sulfonamides is 1. The van der Waals surface area contributed by atoms with Gasteiger partial charge in [-0.1, -0.05) is 35.9 Å². The second kappa shape index (κ2) is 7.28. The van der Waals surface area contributed by atoms with Crippen molar-refractivity contribution in [3.8, 4) is 0 Å². The number of pyridine rings is 1. The summed E-state index contributed by atoms with van der Waals surface area (Å²) in [5.41, 5.74) is 2.32. The van der Waals surface area contributed by atoms with E-state index >= 15 is 0 Å². The first-order valence-electron chi connectivity index (χ1n) is 7.48. The highest BCUT2D eigenvalue weighted by Gasteiger charge is 2.27. The second-order valence-corrected chi connectivity index (χ2v) is 7.69. The molecule has 1 aromatic heterocycles. The lowest BCUT2D eigenvalue weighted by Crippen LogP contribution is -2.40. The van der Waals surface area contributed by atoms with Crippen molar-refractivity contribution in [2.24, 2.45) is 0 Å². The molecular weight excluding hydrogens is 378 g/mol. The molecule has 0 aliphatic heterocycles. The van der Waals surface area contributed by atoms with Crippen LogP contribution in [-0.2, 0) is 14.8 Å². The number of anilines is 1. The Kier molecular flexibility index (Phi) is 5.08. The minimum absolute atomic E-state index is 0.0797. The quantitative estimate of drug-likeness (QED) is 0.514. The molecule has 0 aliphatic rings. The van der Waals surface area contributed by atoms with Gasteiger partial charge in [0.15, 0.2) is 0 Å². The molecule has 0 saturated carbocycles. The number of fused-ring (bicyclic) bond motifs is 1. The molecule has 0 spiro atoms. The number of aromatic nitrogens is 1. The Morgan fingerprint density at radius 1 is 1.15 bits per heavy atom. The summed E-state index contributed by atoms with van der Waals surface area (Å²) in [7, 11) is -4.11. The number of benzene rings is 2. The Bertz CT molecular complexity index is 1070. The molecule has 0 fully saturated rings. The second-order valence-electron chi connectivity index (χ2n) is 5.39. The minimum atomic E-state index is -4.11. The number of halogens is 1. The number of para-hydroxylation sites is 1. The largest absolute Gasteiger partial charge is 0.289 e. The summed E-state index contributed by atoms with van der Waals surface area (Å²) in [6, 6.07) is 14.5. The number of hydrogen-bond donors (Lipinski definition) is 2. The van der Waals surface area contributed by atoms with Crippen LogP contribution in [0.25, 0.3) is 10.9 Å². The van der Waals surface area contributed by atoms with Gasteiger partial charge in [0, 0.05) is 10.4 Å². The molecule has 2 aromatic carbocycles. The van der Waals surface area contributed by atoms with Crippen LogP contribution in [-0.4, -0.2) is 31.1 Å². The molecule has 3 rings (SSSR count). The van der Waals surface area contributed by atoms with Gasteiger partial charge in [-0.25, -0.2) is 13.9 Å². The smallest absolute Gasteiger partial charge is 0.264 e.